The van der Waals surface area contributed by atoms with Crippen molar-refractivity contribution in [2.75, 3.05) is 23.8 Å². The average Bonchev–Trinajstić information content (AvgIpc) is 2.59. The molecule has 9 nitrogen and oxygen atoms in total. The highest BCUT2D eigenvalue weighted by molar-refractivity contribution is 9.10. The lowest BCUT2D eigenvalue weighted by Crippen LogP contribution is -2.24. The first kappa shape index (κ1) is 18.8. The molecule has 11 heteroatoms. The lowest BCUT2D eigenvalue weighted by atomic mass is 10.2. The Balaban J connectivity index is 2.05. The average molecular weight is 444 g/mol. The minimum absolute atomic E-state index is 0.0705. The van der Waals surface area contributed by atoms with Gasteiger partial charge in [0.15, 0.2) is 0 Å². The van der Waals surface area contributed by atoms with Crippen LogP contribution < -0.4 is 20.5 Å². The maximum atomic E-state index is 11.8. The van der Waals surface area contributed by atoms with Crippen molar-refractivity contribution < 1.29 is 18.3 Å². The number of halogens is 1. The van der Waals surface area contributed by atoms with Gasteiger partial charge in [0.1, 0.15) is 22.6 Å². The molecule has 1 aromatic carbocycles. The van der Waals surface area contributed by atoms with Crippen LogP contribution in [0.25, 0.3) is 0 Å². The summed E-state index contributed by atoms with van der Waals surface area (Å²) in [7, 11) is -3.98. The van der Waals surface area contributed by atoms with Crippen LogP contribution in [0.5, 0.6) is 5.75 Å². The van der Waals surface area contributed by atoms with Gasteiger partial charge in [-0.3, -0.25) is 0 Å². The maximum Gasteiger partial charge on any atom is 0.241 e. The quantitative estimate of drug-likeness (QED) is 0.548. The number of fused-ring (bicyclic) bond motifs is 4. The minimum Gasteiger partial charge on any atom is -0.487 e. The van der Waals surface area contributed by atoms with E-state index in [1.165, 1.54) is 12.1 Å². The van der Waals surface area contributed by atoms with Crippen LogP contribution in [0.2, 0.25) is 0 Å². The van der Waals surface area contributed by atoms with E-state index in [2.05, 4.69) is 36.5 Å². The van der Waals surface area contributed by atoms with E-state index in [1.807, 2.05) is 0 Å². The Labute approximate surface area is 159 Å². The molecule has 0 saturated carbocycles. The van der Waals surface area contributed by atoms with Gasteiger partial charge in [0.2, 0.25) is 16.0 Å². The Kier molecular flexibility index (Phi) is 5.61. The summed E-state index contributed by atoms with van der Waals surface area (Å²) >= 11 is 3.39. The summed E-state index contributed by atoms with van der Waals surface area (Å²) in [5, 5.41) is 21.0. The molecule has 4 bridgehead atoms. The predicted molar refractivity (Wildman–Crippen MR) is 100 cm³/mol. The highest BCUT2D eigenvalue weighted by Gasteiger charge is 2.20. The Morgan fingerprint density at radius 2 is 2.23 bits per heavy atom. The summed E-state index contributed by atoms with van der Waals surface area (Å²) in [6, 6.07) is 4.39. The van der Waals surface area contributed by atoms with Crippen molar-refractivity contribution in [3.8, 4) is 5.75 Å². The van der Waals surface area contributed by atoms with Crippen LogP contribution in [-0.4, -0.2) is 42.7 Å². The van der Waals surface area contributed by atoms with Crippen molar-refractivity contribution in [2.24, 2.45) is 5.14 Å². The number of hydrogen-bond acceptors (Lipinski definition) is 8. The number of nitrogens with zero attached hydrogens (tertiary/aromatic N) is 2. The SMILES string of the molecule is NS(=O)(=O)c1ccc2cc1OC(CO)CCCNc1nc(ncc1Br)N2. The standard InChI is InChI=1S/C15H18BrN5O4S/c16-11-7-19-15-20-9-3-4-13(26(17,23)24)12(6-9)25-10(8-22)2-1-5-18-14(11)21-15/h3-4,6-7,10,22H,1-2,5,8H2,(H2,17,23,24)(H2,18,19,20,21). The molecule has 1 aromatic heterocycles. The van der Waals surface area contributed by atoms with E-state index < -0.39 is 16.1 Å². The molecule has 2 aromatic rings. The van der Waals surface area contributed by atoms with Crippen LogP contribution in [0, 0.1) is 0 Å². The highest BCUT2D eigenvalue weighted by atomic mass is 79.9. The Hall–Kier alpha value is -1.95. The Bertz CT molecular complexity index is 909. The molecule has 1 aliphatic heterocycles. The van der Waals surface area contributed by atoms with Crippen molar-refractivity contribution in [3.05, 3.63) is 28.9 Å². The highest BCUT2D eigenvalue weighted by Crippen LogP contribution is 2.30. The first-order valence-corrected chi connectivity index (χ1v) is 10.2. The van der Waals surface area contributed by atoms with Gasteiger partial charge in [-0.05, 0) is 40.9 Å². The molecule has 0 spiro atoms. The van der Waals surface area contributed by atoms with Gasteiger partial charge in [-0.1, -0.05) is 0 Å². The summed E-state index contributed by atoms with van der Waals surface area (Å²) in [6.07, 6.45) is 2.24. The smallest absolute Gasteiger partial charge is 0.241 e. The number of nitrogens with one attached hydrogen (secondary N) is 2. The van der Waals surface area contributed by atoms with Crippen molar-refractivity contribution in [3.63, 3.8) is 0 Å². The molecule has 3 rings (SSSR count). The van der Waals surface area contributed by atoms with Crippen LogP contribution >= 0.6 is 15.9 Å². The fourth-order valence-corrected chi connectivity index (χ4v) is 3.47. The number of nitrogens with two attached hydrogens (primary N) is 1. The molecule has 0 amide bonds. The number of hydrogen-bond donors (Lipinski definition) is 4. The molecule has 140 valence electrons. The van der Waals surface area contributed by atoms with Gasteiger partial charge in [0.05, 0.1) is 11.1 Å². The second kappa shape index (κ2) is 7.74. The van der Waals surface area contributed by atoms with Crippen LogP contribution in [0.15, 0.2) is 33.8 Å². The molecule has 0 saturated heterocycles. The van der Waals surface area contributed by atoms with Gasteiger partial charge >= 0.3 is 0 Å². The van der Waals surface area contributed by atoms with E-state index in [1.54, 1.807) is 12.3 Å². The Morgan fingerprint density at radius 1 is 1.42 bits per heavy atom. The van der Waals surface area contributed by atoms with Crippen molar-refractivity contribution in [1.29, 1.82) is 0 Å². The fraction of sp³-hybridized carbons (Fsp3) is 0.333. The summed E-state index contributed by atoms with van der Waals surface area (Å²) in [5.74, 6) is 1.04. The number of aliphatic hydroxyl groups excluding tert-OH is 1. The van der Waals surface area contributed by atoms with Crippen LogP contribution in [0.4, 0.5) is 17.5 Å². The van der Waals surface area contributed by atoms with Gasteiger partial charge in [0, 0.05) is 24.5 Å². The van der Waals surface area contributed by atoms with Crippen molar-refractivity contribution >= 4 is 43.4 Å². The topological polar surface area (TPSA) is 139 Å². The number of aromatic nitrogens is 2. The molecule has 1 unspecified atom stereocenters. The number of sulfonamides is 1. The van der Waals surface area contributed by atoms with Crippen LogP contribution in [-0.2, 0) is 10.0 Å². The molecule has 2 heterocycles. The third-order valence-corrected chi connectivity index (χ3v) is 5.27. The molecule has 1 aliphatic rings. The summed E-state index contributed by atoms with van der Waals surface area (Å²) in [6.45, 7) is 0.341. The molecule has 0 aliphatic carbocycles. The minimum atomic E-state index is -3.98. The predicted octanol–water partition coefficient (Wildman–Crippen LogP) is 1.58. The summed E-state index contributed by atoms with van der Waals surface area (Å²) < 4.78 is 30.1. The first-order chi connectivity index (χ1) is 12.4. The van der Waals surface area contributed by atoms with Crippen LogP contribution in [0.3, 0.4) is 0 Å². The molecule has 1 atom stereocenters. The molecular weight excluding hydrogens is 426 g/mol. The second-order valence-electron chi connectivity index (χ2n) is 5.71. The van der Waals surface area contributed by atoms with Crippen molar-refractivity contribution in [1.82, 2.24) is 9.97 Å². The largest absolute Gasteiger partial charge is 0.487 e. The zero-order valence-electron chi connectivity index (χ0n) is 13.6. The maximum absolute atomic E-state index is 11.8. The van der Waals surface area contributed by atoms with E-state index in [0.717, 1.165) is 4.47 Å². The number of rotatable bonds is 2. The monoisotopic (exact) mass is 443 g/mol. The van der Waals surface area contributed by atoms with E-state index in [4.69, 9.17) is 9.88 Å². The van der Waals surface area contributed by atoms with Crippen LogP contribution in [0.1, 0.15) is 12.8 Å². The van der Waals surface area contributed by atoms with E-state index in [9.17, 15) is 13.5 Å². The van der Waals surface area contributed by atoms with Gasteiger partial charge in [-0.25, -0.2) is 18.5 Å². The van der Waals surface area contributed by atoms with Gasteiger partial charge < -0.3 is 20.5 Å². The van der Waals surface area contributed by atoms with Gasteiger partial charge in [-0.15, -0.1) is 0 Å². The Morgan fingerprint density at radius 3 is 2.96 bits per heavy atom. The number of aliphatic hydroxyl groups is 1. The molecule has 0 radical (unpaired) electrons. The first-order valence-electron chi connectivity index (χ1n) is 7.84. The number of anilines is 3. The van der Waals surface area contributed by atoms with E-state index in [-0.39, 0.29) is 17.3 Å². The van der Waals surface area contributed by atoms with E-state index in [0.29, 0.717) is 36.8 Å². The number of ether oxygens (including phenoxy) is 1. The summed E-state index contributed by atoms with van der Waals surface area (Å²) in [4.78, 5) is 8.42. The fourth-order valence-electron chi connectivity index (χ4n) is 2.50. The van der Waals surface area contributed by atoms with Gasteiger partial charge in [0.25, 0.3) is 0 Å². The third kappa shape index (κ3) is 4.41. The molecule has 0 fully saturated rings. The molecular formula is C15H18BrN5O4S. The van der Waals surface area contributed by atoms with Crippen molar-refractivity contribution in [2.45, 2.75) is 23.8 Å². The lowest BCUT2D eigenvalue weighted by Gasteiger charge is -2.19. The summed E-state index contributed by atoms with van der Waals surface area (Å²) in [5.41, 5.74) is 0.525. The number of primary sulfonamides is 1. The lowest BCUT2D eigenvalue weighted by molar-refractivity contribution is 0.105. The second-order valence-corrected chi connectivity index (χ2v) is 8.10. The zero-order chi connectivity index (χ0) is 18.7. The molecule has 5 N–H and O–H groups in total. The normalized spacial score (nSPS) is 17.6. The zero-order valence-corrected chi connectivity index (χ0v) is 16.0. The van der Waals surface area contributed by atoms with Gasteiger partial charge in [-0.2, -0.15) is 4.98 Å². The third-order valence-electron chi connectivity index (χ3n) is 3.74. The molecule has 26 heavy (non-hydrogen) atoms. The van der Waals surface area contributed by atoms with E-state index >= 15 is 0 Å². The number of benzene rings is 1.